The Balaban J connectivity index is 1.74. The molecule has 1 saturated heterocycles. The van der Waals surface area contributed by atoms with Gasteiger partial charge in [0.25, 0.3) is 0 Å². The third-order valence-corrected chi connectivity index (χ3v) is 5.07. The summed E-state index contributed by atoms with van der Waals surface area (Å²) in [4.78, 5) is 12.9. The zero-order chi connectivity index (χ0) is 18.6. The smallest absolute Gasteiger partial charge is 0.245 e. The monoisotopic (exact) mass is 360 g/mol. The molecule has 2 N–H and O–H groups in total. The molecule has 0 radical (unpaired) electrons. The van der Waals surface area contributed by atoms with Gasteiger partial charge in [-0.15, -0.1) is 5.10 Å². The summed E-state index contributed by atoms with van der Waals surface area (Å²) in [6, 6.07) is 5.66. The molecule has 1 atom stereocenters. The Morgan fingerprint density at radius 3 is 2.85 bits per heavy atom. The first kappa shape index (κ1) is 18.4. The van der Waals surface area contributed by atoms with E-state index in [1.165, 1.54) is 16.8 Å². The second kappa shape index (κ2) is 7.90. The van der Waals surface area contributed by atoms with Crippen molar-refractivity contribution in [3.63, 3.8) is 0 Å². The average Bonchev–Trinajstić information content (AvgIpc) is 3.04. The van der Waals surface area contributed by atoms with Crippen molar-refractivity contribution in [2.45, 2.75) is 39.2 Å². The number of benzene rings is 1. The number of tetrazole rings is 1. The van der Waals surface area contributed by atoms with Crippen LogP contribution in [0.4, 0.5) is 4.39 Å². The van der Waals surface area contributed by atoms with E-state index in [1.54, 1.807) is 19.1 Å². The number of amides is 1. The Kier molecular flexibility index (Phi) is 5.61. The zero-order valence-electron chi connectivity index (χ0n) is 15.2. The number of hydrogen-bond donors (Lipinski definition) is 2. The molecule has 2 heterocycles. The summed E-state index contributed by atoms with van der Waals surface area (Å²) in [5, 5.41) is 17.9. The number of halogens is 1. The normalized spacial score (nSPS) is 17.7. The van der Waals surface area contributed by atoms with Crippen molar-refractivity contribution in [2.75, 3.05) is 19.6 Å². The average molecular weight is 360 g/mol. The van der Waals surface area contributed by atoms with Crippen LogP contribution in [0.25, 0.3) is 0 Å². The third kappa shape index (κ3) is 4.43. The van der Waals surface area contributed by atoms with Gasteiger partial charge in [-0.1, -0.05) is 19.1 Å². The summed E-state index contributed by atoms with van der Waals surface area (Å²) in [5.41, 5.74) is 0.813. The lowest BCUT2D eigenvalue weighted by atomic mass is 9.81. The minimum absolute atomic E-state index is 0.0833. The highest BCUT2D eigenvalue weighted by molar-refractivity contribution is 5.80. The number of piperidine rings is 1. The lowest BCUT2D eigenvalue weighted by Crippen LogP contribution is -2.45. The zero-order valence-corrected chi connectivity index (χ0v) is 15.2. The first-order valence-corrected chi connectivity index (χ1v) is 8.94. The van der Waals surface area contributed by atoms with E-state index in [-0.39, 0.29) is 17.1 Å². The van der Waals surface area contributed by atoms with Gasteiger partial charge in [0, 0.05) is 13.0 Å². The molecule has 8 heteroatoms. The summed E-state index contributed by atoms with van der Waals surface area (Å²) < 4.78 is 15.0. The fourth-order valence-corrected chi connectivity index (χ4v) is 3.33. The second-order valence-electron chi connectivity index (χ2n) is 7.30. The van der Waals surface area contributed by atoms with E-state index in [1.807, 2.05) is 0 Å². The van der Waals surface area contributed by atoms with Gasteiger partial charge >= 0.3 is 0 Å². The maximum atomic E-state index is 13.5. The highest BCUT2D eigenvalue weighted by atomic mass is 19.1. The molecule has 1 aromatic heterocycles. The largest absolute Gasteiger partial charge is 0.354 e. The summed E-state index contributed by atoms with van der Waals surface area (Å²) in [5.74, 6) is 0.0800. The molecule has 7 nitrogen and oxygen atoms in total. The van der Waals surface area contributed by atoms with Crippen LogP contribution < -0.4 is 10.6 Å². The van der Waals surface area contributed by atoms with Gasteiger partial charge < -0.3 is 10.6 Å². The predicted molar refractivity (Wildman–Crippen MR) is 94.9 cm³/mol. The molecule has 3 rings (SSSR count). The third-order valence-electron chi connectivity index (χ3n) is 5.07. The number of aromatic nitrogens is 4. The number of hydrogen-bond acceptors (Lipinski definition) is 5. The van der Waals surface area contributed by atoms with Gasteiger partial charge in [0.05, 0.1) is 0 Å². The molecular formula is C18H25FN6O. The van der Waals surface area contributed by atoms with Crippen LogP contribution in [0.3, 0.4) is 0 Å². The van der Waals surface area contributed by atoms with Crippen LogP contribution in [0.15, 0.2) is 24.3 Å². The highest BCUT2D eigenvalue weighted by Gasteiger charge is 2.30. The van der Waals surface area contributed by atoms with E-state index < -0.39 is 6.04 Å². The molecule has 2 aromatic rings. The molecule has 0 saturated carbocycles. The number of carbonyl (C=O) groups is 1. The van der Waals surface area contributed by atoms with Gasteiger partial charge in [0.15, 0.2) is 0 Å². The lowest BCUT2D eigenvalue weighted by molar-refractivity contribution is -0.125. The molecule has 140 valence electrons. The number of nitrogens with zero attached hydrogens (tertiary/aromatic N) is 4. The molecule has 26 heavy (non-hydrogen) atoms. The van der Waals surface area contributed by atoms with Crippen molar-refractivity contribution in [3.8, 4) is 0 Å². The van der Waals surface area contributed by atoms with E-state index in [0.29, 0.717) is 18.8 Å². The molecule has 1 amide bonds. The summed E-state index contributed by atoms with van der Waals surface area (Å²) in [6.07, 6.45) is 2.37. The van der Waals surface area contributed by atoms with Gasteiger partial charge in [-0.25, -0.2) is 9.07 Å². The Hall–Kier alpha value is -2.35. The van der Waals surface area contributed by atoms with E-state index in [2.05, 4.69) is 33.1 Å². The van der Waals surface area contributed by atoms with Crippen LogP contribution in [-0.2, 0) is 11.2 Å². The summed E-state index contributed by atoms with van der Waals surface area (Å²) in [6.45, 7) is 6.47. The van der Waals surface area contributed by atoms with Crippen molar-refractivity contribution in [2.24, 2.45) is 5.41 Å². The van der Waals surface area contributed by atoms with Crippen LogP contribution in [-0.4, -0.2) is 45.7 Å². The van der Waals surface area contributed by atoms with Gasteiger partial charge in [0.2, 0.25) is 5.91 Å². The van der Waals surface area contributed by atoms with Gasteiger partial charge in [-0.05, 0) is 66.4 Å². The van der Waals surface area contributed by atoms with Crippen LogP contribution in [0.1, 0.15) is 37.2 Å². The molecular weight excluding hydrogens is 335 g/mol. The number of aryl methyl sites for hydroxylation is 1. The molecule has 1 aromatic carbocycles. The second-order valence-corrected chi connectivity index (χ2v) is 7.30. The predicted octanol–water partition coefficient (Wildman–Crippen LogP) is 1.41. The topological polar surface area (TPSA) is 84.7 Å². The van der Waals surface area contributed by atoms with E-state index in [0.717, 1.165) is 31.5 Å². The van der Waals surface area contributed by atoms with Crippen LogP contribution in [0, 0.1) is 18.2 Å². The number of rotatable bonds is 6. The SMILES string of the molecule is Cc1nnnn1C(Cc1cccc(F)c1)C(=O)NCC1(C)CCNCC1. The van der Waals surface area contributed by atoms with E-state index >= 15 is 0 Å². The van der Waals surface area contributed by atoms with Gasteiger partial charge in [-0.3, -0.25) is 4.79 Å². The Bertz CT molecular complexity index is 756. The minimum atomic E-state index is -0.614. The maximum absolute atomic E-state index is 13.5. The van der Waals surface area contributed by atoms with Crippen molar-refractivity contribution in [1.82, 2.24) is 30.8 Å². The first-order valence-electron chi connectivity index (χ1n) is 8.94. The van der Waals surface area contributed by atoms with Crippen molar-refractivity contribution >= 4 is 5.91 Å². The Morgan fingerprint density at radius 2 is 2.19 bits per heavy atom. The van der Waals surface area contributed by atoms with Gasteiger partial charge in [0.1, 0.15) is 17.7 Å². The summed E-state index contributed by atoms with van der Waals surface area (Å²) in [7, 11) is 0. The van der Waals surface area contributed by atoms with Gasteiger partial charge in [-0.2, -0.15) is 0 Å². The van der Waals surface area contributed by atoms with Crippen LogP contribution in [0.5, 0.6) is 0 Å². The molecule has 1 unspecified atom stereocenters. The van der Waals surface area contributed by atoms with Crippen molar-refractivity contribution < 1.29 is 9.18 Å². The van der Waals surface area contributed by atoms with Crippen LogP contribution >= 0.6 is 0 Å². The Labute approximate surface area is 152 Å². The first-order chi connectivity index (χ1) is 12.5. The molecule has 1 fully saturated rings. The molecule has 0 spiro atoms. The quantitative estimate of drug-likeness (QED) is 0.814. The minimum Gasteiger partial charge on any atom is -0.354 e. The van der Waals surface area contributed by atoms with Crippen molar-refractivity contribution in [1.29, 1.82) is 0 Å². The fraction of sp³-hybridized carbons (Fsp3) is 0.556. The van der Waals surface area contributed by atoms with Crippen molar-refractivity contribution in [3.05, 3.63) is 41.5 Å². The number of carbonyl (C=O) groups excluding carboxylic acids is 1. The molecule has 1 aliphatic heterocycles. The van der Waals surface area contributed by atoms with E-state index in [4.69, 9.17) is 0 Å². The number of nitrogens with one attached hydrogen (secondary N) is 2. The standard InChI is InChI=1S/C18H25FN6O/c1-13-22-23-24-25(13)16(11-14-4-3-5-15(19)10-14)17(26)21-12-18(2)6-8-20-9-7-18/h3-5,10,16,20H,6-9,11-12H2,1-2H3,(H,21,26). The van der Waals surface area contributed by atoms with Crippen LogP contribution in [0.2, 0.25) is 0 Å². The molecule has 0 bridgehead atoms. The fourth-order valence-electron chi connectivity index (χ4n) is 3.33. The van der Waals surface area contributed by atoms with E-state index in [9.17, 15) is 9.18 Å². The summed E-state index contributed by atoms with van der Waals surface area (Å²) >= 11 is 0. The molecule has 1 aliphatic rings. The Morgan fingerprint density at radius 1 is 1.42 bits per heavy atom. The lowest BCUT2D eigenvalue weighted by Gasteiger charge is -2.34. The maximum Gasteiger partial charge on any atom is 0.245 e. The highest BCUT2D eigenvalue weighted by Crippen LogP contribution is 2.27. The molecule has 0 aliphatic carbocycles.